The first kappa shape index (κ1) is 18.3. The Morgan fingerprint density at radius 2 is 2.00 bits per heavy atom. The molecule has 2 N–H and O–H groups in total. The Balaban J connectivity index is 1.44. The standard InChI is InChI=1S/C21H26N2O3/c1-15-5-10-20(16(2)12-15)22-13-21(24)23-17-6-8-18(9-7-17)26-14-19-4-3-11-25-19/h5-10,12,19,22H,3-4,11,13-14H2,1-2H3,(H,23,24). The smallest absolute Gasteiger partial charge is 0.243 e. The van der Waals surface area contributed by atoms with Crippen LogP contribution in [0.2, 0.25) is 0 Å². The summed E-state index contributed by atoms with van der Waals surface area (Å²) in [6, 6.07) is 13.5. The molecule has 1 amide bonds. The Bertz CT molecular complexity index is 737. The van der Waals surface area contributed by atoms with Gasteiger partial charge in [0.25, 0.3) is 0 Å². The fourth-order valence-electron chi connectivity index (χ4n) is 2.99. The number of amides is 1. The van der Waals surface area contributed by atoms with Crippen molar-refractivity contribution in [2.45, 2.75) is 32.8 Å². The third-order valence-electron chi connectivity index (χ3n) is 4.42. The van der Waals surface area contributed by atoms with Crippen molar-refractivity contribution in [2.24, 2.45) is 0 Å². The van der Waals surface area contributed by atoms with Crippen LogP contribution in [0.15, 0.2) is 42.5 Å². The van der Waals surface area contributed by atoms with Gasteiger partial charge in [0.05, 0.1) is 12.6 Å². The monoisotopic (exact) mass is 354 g/mol. The normalized spacial score (nSPS) is 16.3. The van der Waals surface area contributed by atoms with Crippen molar-refractivity contribution < 1.29 is 14.3 Å². The van der Waals surface area contributed by atoms with E-state index in [2.05, 4.69) is 23.6 Å². The van der Waals surface area contributed by atoms with E-state index in [0.717, 1.165) is 42.1 Å². The van der Waals surface area contributed by atoms with E-state index >= 15 is 0 Å². The highest BCUT2D eigenvalue weighted by atomic mass is 16.5. The number of ether oxygens (including phenoxy) is 2. The second kappa shape index (κ2) is 8.72. The summed E-state index contributed by atoms with van der Waals surface area (Å²) < 4.78 is 11.3. The molecule has 1 unspecified atom stereocenters. The molecule has 3 rings (SSSR count). The van der Waals surface area contributed by atoms with Gasteiger partial charge in [-0.25, -0.2) is 0 Å². The SMILES string of the molecule is Cc1ccc(NCC(=O)Nc2ccc(OCC3CCCO3)cc2)c(C)c1. The van der Waals surface area contributed by atoms with Crippen LogP contribution in [0.4, 0.5) is 11.4 Å². The summed E-state index contributed by atoms with van der Waals surface area (Å²) in [6.07, 6.45) is 2.36. The van der Waals surface area contributed by atoms with Crippen molar-refractivity contribution in [3.63, 3.8) is 0 Å². The van der Waals surface area contributed by atoms with E-state index in [1.807, 2.05) is 43.3 Å². The van der Waals surface area contributed by atoms with E-state index in [0.29, 0.717) is 6.61 Å². The molecule has 0 bridgehead atoms. The van der Waals surface area contributed by atoms with Gasteiger partial charge in [-0.2, -0.15) is 0 Å². The maximum atomic E-state index is 12.1. The van der Waals surface area contributed by atoms with Gasteiger partial charge in [0.2, 0.25) is 5.91 Å². The van der Waals surface area contributed by atoms with Gasteiger partial charge in [0, 0.05) is 18.0 Å². The molecule has 0 aliphatic carbocycles. The fraction of sp³-hybridized carbons (Fsp3) is 0.381. The third kappa shape index (κ3) is 5.23. The fourth-order valence-corrected chi connectivity index (χ4v) is 2.99. The summed E-state index contributed by atoms with van der Waals surface area (Å²) in [4.78, 5) is 12.1. The molecular formula is C21H26N2O3. The molecule has 0 aromatic heterocycles. The van der Waals surface area contributed by atoms with Gasteiger partial charge in [0.1, 0.15) is 12.4 Å². The lowest BCUT2D eigenvalue weighted by Gasteiger charge is -2.13. The van der Waals surface area contributed by atoms with E-state index < -0.39 is 0 Å². The molecule has 0 radical (unpaired) electrons. The minimum atomic E-state index is -0.0852. The lowest BCUT2D eigenvalue weighted by atomic mass is 10.1. The summed E-state index contributed by atoms with van der Waals surface area (Å²) in [7, 11) is 0. The largest absolute Gasteiger partial charge is 0.491 e. The van der Waals surface area contributed by atoms with Crippen LogP contribution in [0.25, 0.3) is 0 Å². The predicted octanol–water partition coefficient (Wildman–Crippen LogP) is 3.91. The maximum absolute atomic E-state index is 12.1. The zero-order valence-corrected chi connectivity index (χ0v) is 15.4. The Hall–Kier alpha value is -2.53. The zero-order valence-electron chi connectivity index (χ0n) is 15.4. The first-order chi connectivity index (χ1) is 12.6. The van der Waals surface area contributed by atoms with Crippen molar-refractivity contribution in [1.82, 2.24) is 0 Å². The van der Waals surface area contributed by atoms with Crippen LogP contribution in [0.5, 0.6) is 5.75 Å². The summed E-state index contributed by atoms with van der Waals surface area (Å²) in [6.45, 7) is 5.71. The van der Waals surface area contributed by atoms with Crippen LogP contribution in [-0.2, 0) is 9.53 Å². The lowest BCUT2D eigenvalue weighted by Crippen LogP contribution is -2.22. The van der Waals surface area contributed by atoms with E-state index in [9.17, 15) is 4.79 Å². The number of rotatable bonds is 7. The summed E-state index contributed by atoms with van der Waals surface area (Å²) >= 11 is 0. The second-order valence-electron chi connectivity index (χ2n) is 6.69. The third-order valence-corrected chi connectivity index (χ3v) is 4.42. The highest BCUT2D eigenvalue weighted by Crippen LogP contribution is 2.19. The maximum Gasteiger partial charge on any atom is 0.243 e. The van der Waals surface area contributed by atoms with Crippen LogP contribution in [0, 0.1) is 13.8 Å². The Labute approximate surface area is 154 Å². The van der Waals surface area contributed by atoms with Crippen LogP contribution >= 0.6 is 0 Å². The molecule has 5 heteroatoms. The summed E-state index contributed by atoms with van der Waals surface area (Å²) in [5.74, 6) is 0.699. The molecule has 2 aromatic carbocycles. The average molecular weight is 354 g/mol. The van der Waals surface area contributed by atoms with Crippen molar-refractivity contribution in [3.05, 3.63) is 53.6 Å². The van der Waals surface area contributed by atoms with Crippen LogP contribution in [0.1, 0.15) is 24.0 Å². The number of hydrogen-bond donors (Lipinski definition) is 2. The van der Waals surface area contributed by atoms with Gasteiger partial charge in [-0.15, -0.1) is 0 Å². The molecule has 1 fully saturated rings. The van der Waals surface area contributed by atoms with Crippen molar-refractivity contribution in [2.75, 3.05) is 30.4 Å². The number of hydrogen-bond acceptors (Lipinski definition) is 4. The highest BCUT2D eigenvalue weighted by Gasteiger charge is 2.15. The number of anilines is 2. The van der Waals surface area contributed by atoms with Gasteiger partial charge in [0.15, 0.2) is 0 Å². The van der Waals surface area contributed by atoms with E-state index in [1.165, 1.54) is 5.56 Å². The molecule has 138 valence electrons. The number of carbonyl (C=O) groups is 1. The molecule has 26 heavy (non-hydrogen) atoms. The zero-order chi connectivity index (χ0) is 18.4. The van der Waals surface area contributed by atoms with Gasteiger partial charge < -0.3 is 20.1 Å². The molecule has 0 spiro atoms. The predicted molar refractivity (Wildman–Crippen MR) is 104 cm³/mol. The van der Waals surface area contributed by atoms with Gasteiger partial charge >= 0.3 is 0 Å². The van der Waals surface area contributed by atoms with Gasteiger partial charge in [-0.3, -0.25) is 4.79 Å². The molecule has 0 saturated carbocycles. The molecule has 1 atom stereocenters. The average Bonchev–Trinajstić information content (AvgIpc) is 3.14. The minimum Gasteiger partial charge on any atom is -0.491 e. The van der Waals surface area contributed by atoms with E-state index in [-0.39, 0.29) is 18.6 Å². The molecule has 1 aliphatic heterocycles. The Kier molecular flexibility index (Phi) is 6.12. The van der Waals surface area contributed by atoms with Crippen LogP contribution in [0.3, 0.4) is 0 Å². The summed E-state index contributed by atoms with van der Waals surface area (Å²) in [5, 5.41) is 6.06. The first-order valence-corrected chi connectivity index (χ1v) is 9.05. The number of aryl methyl sites for hydroxylation is 2. The molecule has 2 aromatic rings. The molecular weight excluding hydrogens is 328 g/mol. The molecule has 1 heterocycles. The van der Waals surface area contributed by atoms with Crippen LogP contribution < -0.4 is 15.4 Å². The van der Waals surface area contributed by atoms with Gasteiger partial charge in [-0.05, 0) is 62.6 Å². The van der Waals surface area contributed by atoms with Crippen molar-refractivity contribution in [3.8, 4) is 5.75 Å². The van der Waals surface area contributed by atoms with Crippen molar-refractivity contribution in [1.29, 1.82) is 0 Å². The topological polar surface area (TPSA) is 59.6 Å². The van der Waals surface area contributed by atoms with E-state index in [1.54, 1.807) is 0 Å². The van der Waals surface area contributed by atoms with Crippen molar-refractivity contribution >= 4 is 17.3 Å². The number of nitrogens with one attached hydrogen (secondary N) is 2. The minimum absolute atomic E-state index is 0.0852. The summed E-state index contributed by atoms with van der Waals surface area (Å²) in [5.41, 5.74) is 4.07. The number of benzene rings is 2. The molecule has 5 nitrogen and oxygen atoms in total. The number of carbonyl (C=O) groups excluding carboxylic acids is 1. The first-order valence-electron chi connectivity index (χ1n) is 9.05. The second-order valence-corrected chi connectivity index (χ2v) is 6.69. The highest BCUT2D eigenvalue weighted by molar-refractivity contribution is 5.93. The Morgan fingerprint density at radius 1 is 1.19 bits per heavy atom. The quantitative estimate of drug-likeness (QED) is 0.791. The Morgan fingerprint density at radius 3 is 2.69 bits per heavy atom. The van der Waals surface area contributed by atoms with Gasteiger partial charge in [-0.1, -0.05) is 17.7 Å². The molecule has 1 saturated heterocycles. The molecule has 1 aliphatic rings. The van der Waals surface area contributed by atoms with Crippen LogP contribution in [-0.4, -0.2) is 31.8 Å². The van der Waals surface area contributed by atoms with E-state index in [4.69, 9.17) is 9.47 Å². The lowest BCUT2D eigenvalue weighted by molar-refractivity contribution is -0.114.